The molecule has 108 valence electrons. The van der Waals surface area contributed by atoms with E-state index >= 15 is 0 Å². The Labute approximate surface area is 134 Å². The van der Waals surface area contributed by atoms with Crippen molar-refractivity contribution in [3.63, 3.8) is 0 Å². The molecule has 1 aliphatic rings. The zero-order valence-electron chi connectivity index (χ0n) is 12.5. The molecular formula is C19H17N2S+. The molecule has 2 aromatic carbocycles. The zero-order chi connectivity index (χ0) is 14.9. The van der Waals surface area contributed by atoms with Crippen LogP contribution in [0.4, 0.5) is 0 Å². The van der Waals surface area contributed by atoms with Gasteiger partial charge in [0.05, 0.1) is 0 Å². The molecular weight excluding hydrogens is 288 g/mol. The quantitative estimate of drug-likeness (QED) is 0.304. The van der Waals surface area contributed by atoms with Crippen LogP contribution in [-0.2, 0) is 5.54 Å². The molecule has 1 aliphatic carbocycles. The molecule has 2 nitrogen and oxygen atoms in total. The maximum atomic E-state index is 4.76. The molecule has 3 heteroatoms. The summed E-state index contributed by atoms with van der Waals surface area (Å²) in [6.45, 7) is 2.33. The van der Waals surface area contributed by atoms with Crippen LogP contribution in [0.25, 0.3) is 27.2 Å². The van der Waals surface area contributed by atoms with Crippen LogP contribution in [0.1, 0.15) is 19.8 Å². The van der Waals surface area contributed by atoms with Gasteiger partial charge >= 0.3 is 0 Å². The van der Waals surface area contributed by atoms with Crippen LogP contribution in [0, 0.1) is 0 Å². The van der Waals surface area contributed by atoms with Crippen molar-refractivity contribution in [1.82, 2.24) is 4.52 Å². The monoisotopic (exact) mass is 305 g/mol. The molecule has 2 aromatic heterocycles. The normalized spacial score (nSPS) is 16.6. The lowest BCUT2D eigenvalue weighted by atomic mass is 10.1. The first-order chi connectivity index (χ1) is 10.7. The zero-order valence-corrected chi connectivity index (χ0v) is 13.3. The van der Waals surface area contributed by atoms with E-state index < -0.39 is 0 Å². The predicted octanol–water partition coefficient (Wildman–Crippen LogP) is 4.33. The highest BCUT2D eigenvalue weighted by Crippen LogP contribution is 2.39. The van der Waals surface area contributed by atoms with Crippen LogP contribution in [0.2, 0.25) is 0 Å². The Morgan fingerprint density at radius 1 is 0.955 bits per heavy atom. The first kappa shape index (κ1) is 12.5. The predicted molar refractivity (Wildman–Crippen MR) is 92.7 cm³/mol. The molecule has 0 aliphatic heterocycles. The van der Waals surface area contributed by atoms with Gasteiger partial charge in [-0.1, -0.05) is 36.4 Å². The van der Waals surface area contributed by atoms with Crippen LogP contribution < -0.4 is 4.68 Å². The smallest absolute Gasteiger partial charge is 0.141 e. The summed E-state index contributed by atoms with van der Waals surface area (Å²) in [5.41, 5.74) is 2.72. The molecule has 0 saturated heterocycles. The molecule has 0 amide bonds. The summed E-state index contributed by atoms with van der Waals surface area (Å²) in [6, 6.07) is 17.3. The molecule has 0 N–H and O–H groups in total. The Morgan fingerprint density at radius 2 is 1.68 bits per heavy atom. The third kappa shape index (κ3) is 1.49. The molecule has 0 spiro atoms. The van der Waals surface area contributed by atoms with E-state index in [4.69, 9.17) is 12.6 Å². The van der Waals surface area contributed by atoms with E-state index in [2.05, 4.69) is 70.8 Å². The van der Waals surface area contributed by atoms with Gasteiger partial charge in [-0.3, -0.25) is 0 Å². The summed E-state index contributed by atoms with van der Waals surface area (Å²) in [5, 5.41) is 3.87. The van der Waals surface area contributed by atoms with E-state index in [1.54, 1.807) is 0 Å². The summed E-state index contributed by atoms with van der Waals surface area (Å²) >= 11 is 4.76. The van der Waals surface area contributed by atoms with Crippen molar-refractivity contribution in [1.29, 1.82) is 0 Å². The lowest BCUT2D eigenvalue weighted by molar-refractivity contribution is -0.793. The Balaban J connectivity index is 2.13. The molecule has 0 bridgehead atoms. The minimum atomic E-state index is 0.248. The van der Waals surface area contributed by atoms with E-state index in [9.17, 15) is 0 Å². The summed E-state index contributed by atoms with van der Waals surface area (Å²) in [7, 11) is 0. The molecule has 1 fully saturated rings. The number of pyridine rings is 1. The van der Waals surface area contributed by atoms with Gasteiger partial charge in [0.2, 0.25) is 0 Å². The van der Waals surface area contributed by atoms with Gasteiger partial charge in [0.25, 0.3) is 0 Å². The van der Waals surface area contributed by atoms with Gasteiger partial charge in [-0.15, -0.1) is 21.8 Å². The largest absolute Gasteiger partial charge is 0.197 e. The fraction of sp³-hybridized carbons (Fsp3) is 0.211. The van der Waals surface area contributed by atoms with Crippen LogP contribution in [0.15, 0.2) is 59.6 Å². The van der Waals surface area contributed by atoms with Crippen LogP contribution in [-0.4, -0.2) is 4.52 Å². The van der Waals surface area contributed by atoms with Crippen molar-refractivity contribution >= 4 is 39.8 Å². The lowest BCUT2D eigenvalue weighted by Gasteiger charge is -2.11. The summed E-state index contributed by atoms with van der Waals surface area (Å²) in [5.74, 6) is 0. The van der Waals surface area contributed by atoms with Gasteiger partial charge in [-0.25, -0.2) is 0 Å². The lowest BCUT2D eigenvalue weighted by Crippen LogP contribution is -2.49. The van der Waals surface area contributed by atoms with Crippen molar-refractivity contribution in [3.8, 4) is 0 Å². The Morgan fingerprint density at radius 3 is 2.45 bits per heavy atom. The number of para-hydroxylation sites is 1. The number of aromatic nitrogens is 2. The summed E-state index contributed by atoms with van der Waals surface area (Å²) < 4.78 is 4.77. The molecule has 0 atom stereocenters. The van der Waals surface area contributed by atoms with E-state index in [1.165, 1.54) is 40.0 Å². The Kier molecular flexibility index (Phi) is 2.31. The molecule has 0 unspecified atom stereocenters. The molecule has 0 radical (unpaired) electrons. The number of hydrogen-bond acceptors (Lipinski definition) is 1. The first-order valence-electron chi connectivity index (χ1n) is 7.75. The third-order valence-corrected chi connectivity index (χ3v) is 5.42. The van der Waals surface area contributed by atoms with Crippen LogP contribution >= 0.6 is 12.6 Å². The standard InChI is InChI=1S/C19H16N2S/c1-19(10-11-19)20-12-9-16-14-6-3-2-5-13(14)15-7-4-8-17(22)18(15)21(16)20/h2-9,12H,10-11H2,1H3/p+1. The molecule has 22 heavy (non-hydrogen) atoms. The second-order valence-electron chi connectivity index (χ2n) is 6.57. The maximum absolute atomic E-state index is 4.76. The number of thiol groups is 1. The van der Waals surface area contributed by atoms with Crippen molar-refractivity contribution < 1.29 is 4.68 Å². The van der Waals surface area contributed by atoms with E-state index in [0.717, 1.165) is 4.90 Å². The van der Waals surface area contributed by atoms with Gasteiger partial charge in [-0.2, -0.15) is 0 Å². The molecule has 4 aromatic rings. The minimum Gasteiger partial charge on any atom is -0.141 e. The second-order valence-corrected chi connectivity index (χ2v) is 7.05. The number of rotatable bonds is 1. The highest BCUT2D eigenvalue weighted by Gasteiger charge is 2.50. The van der Waals surface area contributed by atoms with Crippen molar-refractivity contribution in [2.24, 2.45) is 0 Å². The number of benzene rings is 2. The highest BCUT2D eigenvalue weighted by molar-refractivity contribution is 7.80. The number of fused-ring (bicyclic) bond motifs is 6. The molecule has 5 rings (SSSR count). The molecule has 2 heterocycles. The van der Waals surface area contributed by atoms with E-state index in [-0.39, 0.29) is 5.54 Å². The molecule has 1 saturated carbocycles. The Hall–Kier alpha value is -2.00. The summed E-state index contributed by atoms with van der Waals surface area (Å²) in [4.78, 5) is 1.03. The van der Waals surface area contributed by atoms with Crippen molar-refractivity contribution in [2.45, 2.75) is 30.2 Å². The maximum Gasteiger partial charge on any atom is 0.197 e. The first-order valence-corrected chi connectivity index (χ1v) is 8.20. The second kappa shape index (κ2) is 4.05. The fourth-order valence-electron chi connectivity index (χ4n) is 3.57. The number of hydrogen-bond donors (Lipinski definition) is 1. The number of nitrogens with zero attached hydrogens (tertiary/aromatic N) is 2. The summed E-state index contributed by atoms with van der Waals surface area (Å²) in [6.07, 6.45) is 4.72. The van der Waals surface area contributed by atoms with E-state index in [0.29, 0.717) is 0 Å². The topological polar surface area (TPSA) is 8.29 Å². The highest BCUT2D eigenvalue weighted by atomic mass is 32.1. The van der Waals surface area contributed by atoms with Crippen molar-refractivity contribution in [3.05, 3.63) is 54.7 Å². The third-order valence-electron chi connectivity index (χ3n) is 5.06. The average Bonchev–Trinajstić information content (AvgIpc) is 3.12. The van der Waals surface area contributed by atoms with Crippen molar-refractivity contribution in [2.75, 3.05) is 0 Å². The van der Waals surface area contributed by atoms with Crippen LogP contribution in [0.5, 0.6) is 0 Å². The van der Waals surface area contributed by atoms with Crippen LogP contribution in [0.3, 0.4) is 0 Å². The van der Waals surface area contributed by atoms with Gasteiger partial charge in [-0.05, 0) is 11.5 Å². The minimum absolute atomic E-state index is 0.248. The SMILES string of the molecule is CC1([n+]2ccc3c4ccccc4c4cccc(S)c4n32)CC1. The van der Waals surface area contributed by atoms with Gasteiger partial charge < -0.3 is 0 Å². The van der Waals surface area contributed by atoms with Gasteiger partial charge in [0.15, 0.2) is 11.7 Å². The van der Waals surface area contributed by atoms with E-state index in [1.807, 2.05) is 0 Å². The van der Waals surface area contributed by atoms with Gasteiger partial charge in [0.1, 0.15) is 11.0 Å². The fourth-order valence-corrected chi connectivity index (χ4v) is 3.87. The van der Waals surface area contributed by atoms with Gasteiger partial charge in [0, 0.05) is 41.5 Å². The Bertz CT molecular complexity index is 1060. The average molecular weight is 305 g/mol.